The molecule has 0 fully saturated rings. The van der Waals surface area contributed by atoms with Gasteiger partial charge in [-0.3, -0.25) is 4.79 Å². The monoisotopic (exact) mass is 314 g/mol. The SMILES string of the molecule is Cc1cc(F)c(C(=O)NCC(F)(F)F)cc1S(N)(=O)=O. The van der Waals surface area contributed by atoms with Crippen molar-refractivity contribution in [1.29, 1.82) is 0 Å². The number of nitrogens with two attached hydrogens (primary N) is 1. The molecule has 0 unspecified atom stereocenters. The van der Waals surface area contributed by atoms with E-state index in [9.17, 15) is 30.8 Å². The molecule has 20 heavy (non-hydrogen) atoms. The molecule has 10 heteroatoms. The predicted molar refractivity (Wildman–Crippen MR) is 60.9 cm³/mol. The van der Waals surface area contributed by atoms with E-state index in [4.69, 9.17) is 5.14 Å². The van der Waals surface area contributed by atoms with Crippen molar-refractivity contribution in [3.05, 3.63) is 29.1 Å². The molecular weight excluding hydrogens is 304 g/mol. The van der Waals surface area contributed by atoms with E-state index in [1.807, 2.05) is 0 Å². The average molecular weight is 314 g/mol. The van der Waals surface area contributed by atoms with Crippen LogP contribution in [0.4, 0.5) is 17.6 Å². The third-order valence-corrected chi connectivity index (χ3v) is 3.32. The number of halogens is 4. The van der Waals surface area contributed by atoms with E-state index in [0.717, 1.165) is 0 Å². The van der Waals surface area contributed by atoms with Crippen LogP contribution in [0.3, 0.4) is 0 Å². The molecule has 0 aliphatic rings. The molecule has 112 valence electrons. The molecule has 0 aromatic heterocycles. The fourth-order valence-electron chi connectivity index (χ4n) is 1.41. The van der Waals surface area contributed by atoms with Crippen LogP contribution >= 0.6 is 0 Å². The van der Waals surface area contributed by atoms with E-state index >= 15 is 0 Å². The van der Waals surface area contributed by atoms with Gasteiger partial charge < -0.3 is 5.32 Å². The van der Waals surface area contributed by atoms with Crippen LogP contribution < -0.4 is 10.5 Å². The van der Waals surface area contributed by atoms with Gasteiger partial charge in [0, 0.05) is 0 Å². The maximum Gasteiger partial charge on any atom is 0.405 e. The molecule has 1 rings (SSSR count). The number of alkyl halides is 3. The van der Waals surface area contributed by atoms with Crippen LogP contribution in [0, 0.1) is 12.7 Å². The molecule has 5 nitrogen and oxygen atoms in total. The highest BCUT2D eigenvalue weighted by Crippen LogP contribution is 2.19. The summed E-state index contributed by atoms with van der Waals surface area (Å²) in [5.41, 5.74) is -0.888. The van der Waals surface area contributed by atoms with Gasteiger partial charge in [0.1, 0.15) is 12.4 Å². The zero-order chi connectivity index (χ0) is 15.7. The van der Waals surface area contributed by atoms with Crippen molar-refractivity contribution in [3.63, 3.8) is 0 Å². The summed E-state index contributed by atoms with van der Waals surface area (Å²) in [6.07, 6.45) is -4.67. The Kier molecular flexibility index (Phi) is 4.39. The number of benzene rings is 1. The number of rotatable bonds is 3. The number of sulfonamides is 1. The number of aryl methyl sites for hydroxylation is 1. The fraction of sp³-hybridized carbons (Fsp3) is 0.300. The van der Waals surface area contributed by atoms with Crippen LogP contribution in [0.15, 0.2) is 17.0 Å². The lowest BCUT2D eigenvalue weighted by Crippen LogP contribution is -2.34. The molecule has 0 spiro atoms. The topological polar surface area (TPSA) is 89.3 Å². The lowest BCUT2D eigenvalue weighted by molar-refractivity contribution is -0.123. The van der Waals surface area contributed by atoms with Gasteiger partial charge >= 0.3 is 6.18 Å². The lowest BCUT2D eigenvalue weighted by Gasteiger charge is -2.11. The molecule has 0 bridgehead atoms. The van der Waals surface area contributed by atoms with E-state index in [2.05, 4.69) is 0 Å². The van der Waals surface area contributed by atoms with Crippen LogP contribution in [-0.2, 0) is 10.0 Å². The third-order valence-electron chi connectivity index (χ3n) is 2.27. The van der Waals surface area contributed by atoms with Crippen molar-refractivity contribution in [2.45, 2.75) is 18.0 Å². The quantitative estimate of drug-likeness (QED) is 0.818. The van der Waals surface area contributed by atoms with Crippen molar-refractivity contribution < 1.29 is 30.8 Å². The highest BCUT2D eigenvalue weighted by molar-refractivity contribution is 7.89. The summed E-state index contributed by atoms with van der Waals surface area (Å²) >= 11 is 0. The first-order valence-corrected chi connectivity index (χ1v) is 6.64. The minimum Gasteiger partial charge on any atom is -0.343 e. The summed E-state index contributed by atoms with van der Waals surface area (Å²) < 4.78 is 71.7. The molecule has 0 radical (unpaired) electrons. The van der Waals surface area contributed by atoms with E-state index in [-0.39, 0.29) is 5.56 Å². The Bertz CT molecular complexity index is 641. The second-order valence-electron chi connectivity index (χ2n) is 3.94. The van der Waals surface area contributed by atoms with Crippen molar-refractivity contribution in [3.8, 4) is 0 Å². The summed E-state index contributed by atoms with van der Waals surface area (Å²) in [6, 6.07) is 1.31. The summed E-state index contributed by atoms with van der Waals surface area (Å²) in [7, 11) is -4.22. The summed E-state index contributed by atoms with van der Waals surface area (Å²) in [4.78, 5) is 10.9. The van der Waals surface area contributed by atoms with Gasteiger partial charge in [-0.2, -0.15) is 13.2 Å². The van der Waals surface area contributed by atoms with Gasteiger partial charge in [-0.25, -0.2) is 17.9 Å². The van der Waals surface area contributed by atoms with Crippen molar-refractivity contribution in [1.82, 2.24) is 5.32 Å². The van der Waals surface area contributed by atoms with Crippen molar-refractivity contribution >= 4 is 15.9 Å². The van der Waals surface area contributed by atoms with E-state index in [1.165, 1.54) is 12.2 Å². The molecule has 0 saturated carbocycles. The second-order valence-corrected chi connectivity index (χ2v) is 5.47. The molecule has 0 saturated heterocycles. The highest BCUT2D eigenvalue weighted by Gasteiger charge is 2.29. The summed E-state index contributed by atoms with van der Waals surface area (Å²) in [5, 5.41) is 6.30. The van der Waals surface area contributed by atoms with Crippen LogP contribution in [0.1, 0.15) is 15.9 Å². The Morgan fingerprint density at radius 1 is 1.35 bits per heavy atom. The van der Waals surface area contributed by atoms with Crippen molar-refractivity contribution in [2.24, 2.45) is 5.14 Å². The molecule has 1 amide bonds. The first kappa shape index (κ1) is 16.4. The standard InChI is InChI=1S/C10H10F4N2O3S/c1-5-2-7(11)6(3-8(5)20(15,18)19)9(17)16-4-10(12,13)14/h2-3H,4H2,1H3,(H,16,17)(H2,15,18,19). The number of hydrogen-bond acceptors (Lipinski definition) is 3. The van der Waals surface area contributed by atoms with Crippen molar-refractivity contribution in [2.75, 3.05) is 6.54 Å². The summed E-state index contributed by atoms with van der Waals surface area (Å²) in [5.74, 6) is -2.53. The van der Waals surface area contributed by atoms with Crippen LogP contribution in [0.5, 0.6) is 0 Å². The number of carbonyl (C=O) groups excluding carboxylic acids is 1. The maximum atomic E-state index is 13.5. The van der Waals surface area contributed by atoms with Gasteiger partial charge in [-0.05, 0) is 24.6 Å². The molecule has 0 atom stereocenters. The van der Waals surface area contributed by atoms with Gasteiger partial charge in [0.15, 0.2) is 0 Å². The van der Waals surface area contributed by atoms with E-state index in [1.54, 1.807) is 0 Å². The van der Waals surface area contributed by atoms with Crippen LogP contribution in [0.2, 0.25) is 0 Å². The lowest BCUT2D eigenvalue weighted by atomic mass is 10.1. The number of carbonyl (C=O) groups is 1. The van der Waals surface area contributed by atoms with Gasteiger partial charge in [0.05, 0.1) is 10.5 Å². The Morgan fingerprint density at radius 2 is 1.90 bits per heavy atom. The van der Waals surface area contributed by atoms with Gasteiger partial charge in [-0.1, -0.05) is 0 Å². The number of nitrogens with one attached hydrogen (secondary N) is 1. The second kappa shape index (κ2) is 5.37. The Morgan fingerprint density at radius 3 is 2.35 bits per heavy atom. The van der Waals surface area contributed by atoms with E-state index in [0.29, 0.717) is 12.1 Å². The van der Waals surface area contributed by atoms with Gasteiger partial charge in [0.25, 0.3) is 5.91 Å². The first-order chi connectivity index (χ1) is 8.92. The Balaban J connectivity index is 3.16. The molecule has 1 aromatic rings. The number of primary sulfonamides is 1. The molecule has 0 aliphatic carbocycles. The third kappa shape index (κ3) is 4.17. The number of hydrogen-bond donors (Lipinski definition) is 2. The fourth-order valence-corrected chi connectivity index (χ4v) is 2.20. The zero-order valence-electron chi connectivity index (χ0n) is 10.1. The van der Waals surface area contributed by atoms with Gasteiger partial charge in [-0.15, -0.1) is 0 Å². The first-order valence-electron chi connectivity index (χ1n) is 5.10. The minimum atomic E-state index is -4.67. The largest absolute Gasteiger partial charge is 0.405 e. The average Bonchev–Trinajstić information content (AvgIpc) is 2.23. The van der Waals surface area contributed by atoms with E-state index < -0.39 is 44.9 Å². The van der Waals surface area contributed by atoms with Crippen LogP contribution in [0.25, 0.3) is 0 Å². The molecule has 1 aromatic carbocycles. The smallest absolute Gasteiger partial charge is 0.343 e. The number of amides is 1. The minimum absolute atomic E-state index is 0.0580. The molecule has 0 aliphatic heterocycles. The van der Waals surface area contributed by atoms with Crippen LogP contribution in [-0.4, -0.2) is 27.0 Å². The van der Waals surface area contributed by atoms with Gasteiger partial charge in [0.2, 0.25) is 10.0 Å². The highest BCUT2D eigenvalue weighted by atomic mass is 32.2. The molecule has 3 N–H and O–H groups in total. The summed E-state index contributed by atoms with van der Waals surface area (Å²) in [6.45, 7) is -0.427. The normalized spacial score (nSPS) is 12.3. The predicted octanol–water partition coefficient (Wildman–Crippen LogP) is 1.07. The molecular formula is C10H10F4N2O3S. The molecule has 0 heterocycles. The Labute approximate surface area is 111 Å². The maximum absolute atomic E-state index is 13.5. The zero-order valence-corrected chi connectivity index (χ0v) is 10.9. The Hall–Kier alpha value is -1.68.